The Labute approximate surface area is 226 Å². The van der Waals surface area contributed by atoms with E-state index in [1.54, 1.807) is 43.5 Å². The van der Waals surface area contributed by atoms with Gasteiger partial charge in [-0.05, 0) is 30.3 Å². The summed E-state index contributed by atoms with van der Waals surface area (Å²) in [5.41, 5.74) is 2.54. The highest BCUT2D eigenvalue weighted by Crippen LogP contribution is 2.34. The number of carbonyl (C=O) groups excluding carboxylic acids is 1. The van der Waals surface area contributed by atoms with E-state index in [0.717, 1.165) is 22.7 Å². The van der Waals surface area contributed by atoms with Crippen molar-refractivity contribution in [2.24, 2.45) is 0 Å². The zero-order chi connectivity index (χ0) is 26.9. The Hall–Kier alpha value is -4.64. The molecule has 0 saturated carbocycles. The summed E-state index contributed by atoms with van der Waals surface area (Å²) < 4.78 is 23.4. The molecule has 0 aliphatic carbocycles. The first-order valence-corrected chi connectivity index (χ1v) is 13.1. The summed E-state index contributed by atoms with van der Waals surface area (Å²) in [6.45, 7) is 0.945. The Morgan fingerprint density at radius 1 is 1.03 bits per heavy atom. The van der Waals surface area contributed by atoms with Crippen LogP contribution in [-0.4, -0.2) is 53.6 Å². The molecule has 2 N–H and O–H groups in total. The molecule has 0 unspecified atom stereocenters. The van der Waals surface area contributed by atoms with Gasteiger partial charge in [0.2, 0.25) is 5.91 Å². The normalized spacial score (nSPS) is 12.5. The van der Waals surface area contributed by atoms with E-state index < -0.39 is 0 Å². The van der Waals surface area contributed by atoms with Crippen LogP contribution in [0.25, 0.3) is 27.6 Å². The summed E-state index contributed by atoms with van der Waals surface area (Å²) in [6, 6.07) is 18.0. The molecule has 5 aromatic rings. The molecule has 1 amide bonds. The molecule has 2 aromatic heterocycles. The third-order valence-corrected chi connectivity index (χ3v) is 7.22. The van der Waals surface area contributed by atoms with Gasteiger partial charge in [-0.2, -0.15) is 0 Å². The highest BCUT2D eigenvalue weighted by Gasteiger charge is 2.20. The van der Waals surface area contributed by atoms with Crippen molar-refractivity contribution in [3.05, 3.63) is 71.0 Å². The average Bonchev–Trinajstić information content (AvgIpc) is 3.35. The summed E-state index contributed by atoms with van der Waals surface area (Å²) in [7, 11) is 3.07. The van der Waals surface area contributed by atoms with Gasteiger partial charge in [-0.1, -0.05) is 30.0 Å². The van der Waals surface area contributed by atoms with Crippen LogP contribution in [0.2, 0.25) is 0 Å². The van der Waals surface area contributed by atoms with Crippen LogP contribution < -0.4 is 29.8 Å². The first-order valence-electron chi connectivity index (χ1n) is 12.1. The van der Waals surface area contributed by atoms with Gasteiger partial charge in [-0.25, -0.2) is 4.98 Å². The maximum Gasteiger partial charge on any atom is 0.283 e. The number of hydrogen-bond donors (Lipinski definition) is 2. The van der Waals surface area contributed by atoms with Crippen molar-refractivity contribution < 1.29 is 23.7 Å². The van der Waals surface area contributed by atoms with E-state index in [4.69, 9.17) is 23.9 Å². The molecule has 6 rings (SSSR count). The summed E-state index contributed by atoms with van der Waals surface area (Å²) >= 11 is 1.16. The van der Waals surface area contributed by atoms with Gasteiger partial charge >= 0.3 is 0 Å². The zero-order valence-corrected chi connectivity index (χ0v) is 22.0. The van der Waals surface area contributed by atoms with E-state index in [9.17, 15) is 9.59 Å². The van der Waals surface area contributed by atoms with Gasteiger partial charge < -0.3 is 29.2 Å². The van der Waals surface area contributed by atoms with Crippen LogP contribution in [0.3, 0.4) is 0 Å². The van der Waals surface area contributed by atoms with Crippen molar-refractivity contribution in [1.82, 2.24) is 14.5 Å². The molecule has 198 valence electrons. The topological polar surface area (TPSA) is 117 Å². The second kappa shape index (κ2) is 10.3. The number of nitrogens with one attached hydrogen (secondary N) is 2. The number of rotatable bonds is 7. The standard InChI is InChI=1S/C28H24N4O6S/c1-35-20-10-8-17(14-22(20)36-2)32-27(34)26-25(18-5-3-4-6-19(18)30-26)31-28(32)39-15-24(33)29-16-7-9-21-23(13-16)38-12-11-37-21/h3-10,13-14,30H,11-12,15H2,1-2H3,(H,29,33). The third kappa shape index (κ3) is 4.61. The number of hydrogen-bond acceptors (Lipinski definition) is 8. The second-order valence-electron chi connectivity index (χ2n) is 8.66. The Balaban J connectivity index is 1.37. The monoisotopic (exact) mass is 544 g/mol. The molecule has 0 saturated heterocycles. The van der Waals surface area contributed by atoms with Crippen LogP contribution in [0.1, 0.15) is 0 Å². The highest BCUT2D eigenvalue weighted by molar-refractivity contribution is 7.99. The zero-order valence-electron chi connectivity index (χ0n) is 21.1. The van der Waals surface area contributed by atoms with Crippen LogP contribution in [0.5, 0.6) is 23.0 Å². The summed E-state index contributed by atoms with van der Waals surface area (Å²) in [6.07, 6.45) is 0. The minimum Gasteiger partial charge on any atom is -0.493 e. The number of para-hydroxylation sites is 1. The van der Waals surface area contributed by atoms with Crippen molar-refractivity contribution >= 4 is 45.3 Å². The number of H-pyrrole nitrogens is 1. The van der Waals surface area contributed by atoms with E-state index in [2.05, 4.69) is 10.3 Å². The highest BCUT2D eigenvalue weighted by atomic mass is 32.2. The maximum absolute atomic E-state index is 13.8. The first kappa shape index (κ1) is 24.7. The minimum atomic E-state index is -0.293. The van der Waals surface area contributed by atoms with Gasteiger partial charge in [0, 0.05) is 28.7 Å². The average molecular weight is 545 g/mol. The van der Waals surface area contributed by atoms with Crippen molar-refractivity contribution in [3.8, 4) is 28.7 Å². The lowest BCUT2D eigenvalue weighted by atomic mass is 10.2. The minimum absolute atomic E-state index is 0.0159. The molecule has 1 aliphatic rings. The maximum atomic E-state index is 13.8. The van der Waals surface area contributed by atoms with Crippen LogP contribution in [0.15, 0.2) is 70.6 Å². The molecular weight excluding hydrogens is 520 g/mol. The summed E-state index contributed by atoms with van der Waals surface area (Å²) in [4.78, 5) is 34.8. The first-order chi connectivity index (χ1) is 19.1. The number of carbonyl (C=O) groups is 1. The molecule has 1 aliphatic heterocycles. The van der Waals surface area contributed by atoms with Gasteiger partial charge in [0.25, 0.3) is 5.56 Å². The second-order valence-corrected chi connectivity index (χ2v) is 9.61. The lowest BCUT2D eigenvalue weighted by molar-refractivity contribution is -0.113. The molecule has 39 heavy (non-hydrogen) atoms. The molecule has 11 heteroatoms. The molecule has 0 radical (unpaired) electrons. The lowest BCUT2D eigenvalue weighted by Crippen LogP contribution is -2.23. The van der Waals surface area contributed by atoms with Crippen LogP contribution in [-0.2, 0) is 4.79 Å². The number of thioether (sulfide) groups is 1. The van der Waals surface area contributed by atoms with Crippen molar-refractivity contribution in [3.63, 3.8) is 0 Å². The largest absolute Gasteiger partial charge is 0.493 e. The van der Waals surface area contributed by atoms with E-state index >= 15 is 0 Å². The molecule has 3 aromatic carbocycles. The van der Waals surface area contributed by atoms with Crippen LogP contribution in [0, 0.1) is 0 Å². The van der Waals surface area contributed by atoms with E-state index in [0.29, 0.717) is 63.8 Å². The molecule has 0 bridgehead atoms. The fourth-order valence-electron chi connectivity index (χ4n) is 4.48. The van der Waals surface area contributed by atoms with Crippen LogP contribution in [0.4, 0.5) is 5.69 Å². The Morgan fingerprint density at radius 3 is 2.64 bits per heavy atom. The van der Waals surface area contributed by atoms with Gasteiger partial charge in [-0.3, -0.25) is 14.2 Å². The summed E-state index contributed by atoms with van der Waals surface area (Å²) in [5.74, 6) is 1.98. The molecule has 0 atom stereocenters. The Morgan fingerprint density at radius 2 is 1.82 bits per heavy atom. The number of nitrogens with zero attached hydrogens (tertiary/aromatic N) is 2. The fraction of sp³-hybridized carbons (Fsp3) is 0.179. The van der Waals surface area contributed by atoms with Gasteiger partial charge in [0.05, 0.1) is 25.7 Å². The van der Waals surface area contributed by atoms with Gasteiger partial charge in [0.15, 0.2) is 28.2 Å². The van der Waals surface area contributed by atoms with E-state index in [-0.39, 0.29) is 17.2 Å². The van der Waals surface area contributed by atoms with Crippen molar-refractivity contribution in [1.29, 1.82) is 0 Å². The fourth-order valence-corrected chi connectivity index (χ4v) is 5.28. The van der Waals surface area contributed by atoms with E-state index in [1.165, 1.54) is 11.7 Å². The number of benzene rings is 3. The van der Waals surface area contributed by atoms with Gasteiger partial charge in [-0.15, -0.1) is 0 Å². The number of ether oxygens (including phenoxy) is 4. The summed E-state index contributed by atoms with van der Waals surface area (Å²) in [5, 5.41) is 4.07. The quantitative estimate of drug-likeness (QED) is 0.229. The van der Waals surface area contributed by atoms with Crippen LogP contribution >= 0.6 is 11.8 Å². The number of fused-ring (bicyclic) bond motifs is 4. The number of amides is 1. The van der Waals surface area contributed by atoms with Crippen molar-refractivity contribution in [2.45, 2.75) is 5.16 Å². The molecule has 0 spiro atoms. The number of aromatic nitrogens is 3. The van der Waals surface area contributed by atoms with Crippen molar-refractivity contribution in [2.75, 3.05) is 38.5 Å². The third-order valence-electron chi connectivity index (χ3n) is 6.28. The predicted molar refractivity (Wildman–Crippen MR) is 149 cm³/mol. The number of aromatic amines is 1. The smallest absolute Gasteiger partial charge is 0.283 e. The van der Waals surface area contributed by atoms with E-state index in [1.807, 2.05) is 24.3 Å². The molecular formula is C28H24N4O6S. The predicted octanol–water partition coefficient (Wildman–Crippen LogP) is 4.39. The number of anilines is 1. The Bertz CT molecular complexity index is 1780. The Kier molecular flexibility index (Phi) is 6.49. The lowest BCUT2D eigenvalue weighted by Gasteiger charge is -2.19. The van der Waals surface area contributed by atoms with Gasteiger partial charge in [0.1, 0.15) is 24.2 Å². The molecule has 3 heterocycles. The SMILES string of the molecule is COc1ccc(-n2c(SCC(=O)Nc3ccc4c(c3)OCCO4)nc3c([nH]c4ccccc43)c2=O)cc1OC. The molecule has 10 nitrogen and oxygen atoms in total. The molecule has 0 fully saturated rings. The number of methoxy groups -OCH3 is 2.